The number of nitrogens with zero attached hydrogens (tertiary/aromatic N) is 2. The third-order valence-corrected chi connectivity index (χ3v) is 5.12. The summed E-state index contributed by atoms with van der Waals surface area (Å²) in [5.74, 6) is -0.923. The molecular weight excluding hydrogens is 386 g/mol. The summed E-state index contributed by atoms with van der Waals surface area (Å²) in [5, 5.41) is 2.76. The fourth-order valence-corrected chi connectivity index (χ4v) is 3.38. The average Bonchev–Trinajstić information content (AvgIpc) is 2.68. The van der Waals surface area contributed by atoms with Crippen molar-refractivity contribution in [1.82, 2.24) is 10.2 Å². The van der Waals surface area contributed by atoms with Crippen molar-refractivity contribution in [3.63, 3.8) is 0 Å². The Hall–Kier alpha value is -2.61. The Labute approximate surface area is 167 Å². The molecule has 1 amide bonds. The Bertz CT molecular complexity index is 859. The molecule has 0 spiro atoms. The number of alkyl halides is 3. The Morgan fingerprint density at radius 1 is 1.03 bits per heavy atom. The molecule has 1 heterocycles. The van der Waals surface area contributed by atoms with Crippen molar-refractivity contribution in [2.45, 2.75) is 19.1 Å². The van der Waals surface area contributed by atoms with Crippen molar-refractivity contribution in [2.24, 2.45) is 0 Å². The molecule has 0 aromatic heterocycles. The first-order chi connectivity index (χ1) is 13.6. The zero-order chi connectivity index (χ0) is 21.2. The van der Waals surface area contributed by atoms with Crippen LogP contribution in [0.5, 0.6) is 0 Å². The molecule has 0 aliphatic carbocycles. The summed E-state index contributed by atoms with van der Waals surface area (Å²) in [7, 11) is 2.04. The average molecular weight is 409 g/mol. The summed E-state index contributed by atoms with van der Waals surface area (Å²) in [6.07, 6.45) is -4.46. The lowest BCUT2D eigenvalue weighted by molar-refractivity contribution is -0.137. The van der Waals surface area contributed by atoms with Crippen LogP contribution >= 0.6 is 0 Å². The Kier molecular flexibility index (Phi) is 6.12. The van der Waals surface area contributed by atoms with Gasteiger partial charge in [-0.2, -0.15) is 13.2 Å². The molecule has 29 heavy (non-hydrogen) atoms. The van der Waals surface area contributed by atoms with Gasteiger partial charge in [-0.15, -0.1) is 0 Å². The van der Waals surface area contributed by atoms with Crippen LogP contribution in [0.2, 0.25) is 0 Å². The second-order valence-corrected chi connectivity index (χ2v) is 7.26. The van der Waals surface area contributed by atoms with Crippen LogP contribution in [-0.2, 0) is 6.18 Å². The molecular formula is C21H23F4N3O. The number of likely N-dealkylation sites (N-methyl/N-ethyl adjacent to an activating group) is 1. The molecule has 1 atom stereocenters. The molecule has 2 aromatic rings. The molecule has 1 fully saturated rings. The van der Waals surface area contributed by atoms with E-state index in [2.05, 4.69) is 15.1 Å². The van der Waals surface area contributed by atoms with E-state index in [1.165, 1.54) is 12.1 Å². The van der Waals surface area contributed by atoms with Gasteiger partial charge in [0, 0.05) is 43.0 Å². The van der Waals surface area contributed by atoms with Crippen molar-refractivity contribution in [3.05, 3.63) is 65.0 Å². The van der Waals surface area contributed by atoms with Crippen LogP contribution < -0.4 is 10.2 Å². The van der Waals surface area contributed by atoms with Gasteiger partial charge in [-0.3, -0.25) is 4.79 Å². The van der Waals surface area contributed by atoms with E-state index in [0.29, 0.717) is 5.56 Å². The van der Waals surface area contributed by atoms with Gasteiger partial charge in [-0.05, 0) is 56.4 Å². The maximum Gasteiger partial charge on any atom is 0.416 e. The Balaban J connectivity index is 1.77. The van der Waals surface area contributed by atoms with E-state index in [-0.39, 0.29) is 5.56 Å². The van der Waals surface area contributed by atoms with Crippen LogP contribution in [0.1, 0.15) is 34.5 Å². The third-order valence-electron chi connectivity index (χ3n) is 5.12. The molecule has 0 radical (unpaired) electrons. The minimum absolute atomic E-state index is 0.113. The third kappa shape index (κ3) is 5.06. The van der Waals surface area contributed by atoms with Crippen molar-refractivity contribution in [2.75, 3.05) is 38.1 Å². The molecule has 156 valence electrons. The zero-order valence-electron chi connectivity index (χ0n) is 16.3. The number of hydrogen-bond donors (Lipinski definition) is 1. The highest BCUT2D eigenvalue weighted by Gasteiger charge is 2.30. The monoisotopic (exact) mass is 409 g/mol. The maximum absolute atomic E-state index is 13.9. The normalized spacial score (nSPS) is 16.6. The number of nitrogens with one attached hydrogen (secondary N) is 1. The highest BCUT2D eigenvalue weighted by atomic mass is 19.4. The van der Waals surface area contributed by atoms with Gasteiger partial charge in [0.1, 0.15) is 5.82 Å². The summed E-state index contributed by atoms with van der Waals surface area (Å²) in [4.78, 5) is 16.9. The number of carbonyl (C=O) groups is 1. The summed E-state index contributed by atoms with van der Waals surface area (Å²) >= 11 is 0. The Morgan fingerprint density at radius 3 is 2.24 bits per heavy atom. The molecule has 1 unspecified atom stereocenters. The van der Waals surface area contributed by atoms with Crippen molar-refractivity contribution < 1.29 is 22.4 Å². The lowest BCUT2D eigenvalue weighted by Crippen LogP contribution is -2.45. The van der Waals surface area contributed by atoms with E-state index in [0.717, 1.165) is 56.1 Å². The lowest BCUT2D eigenvalue weighted by atomic mass is 10.0. The van der Waals surface area contributed by atoms with Gasteiger partial charge >= 0.3 is 6.18 Å². The number of carbonyl (C=O) groups excluding carboxylic acids is 1. The molecule has 0 bridgehead atoms. The van der Waals surface area contributed by atoms with E-state index in [1.807, 2.05) is 7.05 Å². The summed E-state index contributed by atoms with van der Waals surface area (Å²) in [6, 6.07) is 7.99. The standard InChI is InChI=1S/C21H23F4N3O/c1-14(26-20(29)15-3-5-16(6-4-15)21(23,24)25)18-13-17(22)7-8-19(18)28-11-9-27(2)10-12-28/h3-8,13-14H,9-12H2,1-2H3,(H,26,29). The smallest absolute Gasteiger partial charge is 0.369 e. The van der Waals surface area contributed by atoms with Crippen molar-refractivity contribution >= 4 is 11.6 Å². The van der Waals surface area contributed by atoms with Gasteiger partial charge in [-0.25, -0.2) is 4.39 Å². The fourth-order valence-electron chi connectivity index (χ4n) is 3.38. The number of halogens is 4. The second kappa shape index (κ2) is 8.41. The predicted octanol–water partition coefficient (Wildman–Crippen LogP) is 4.09. The molecule has 4 nitrogen and oxygen atoms in total. The summed E-state index contributed by atoms with van der Waals surface area (Å²) in [6.45, 7) is 5.06. The minimum atomic E-state index is -4.46. The van der Waals surface area contributed by atoms with Crippen LogP contribution in [0.25, 0.3) is 0 Å². The van der Waals surface area contributed by atoms with Crippen LogP contribution in [-0.4, -0.2) is 44.0 Å². The molecule has 8 heteroatoms. The molecule has 0 saturated carbocycles. The largest absolute Gasteiger partial charge is 0.416 e. The number of anilines is 1. The van der Waals surface area contributed by atoms with Gasteiger partial charge in [0.25, 0.3) is 5.91 Å². The molecule has 1 saturated heterocycles. The van der Waals surface area contributed by atoms with E-state index < -0.39 is 29.5 Å². The highest BCUT2D eigenvalue weighted by Crippen LogP contribution is 2.30. The topological polar surface area (TPSA) is 35.6 Å². The predicted molar refractivity (Wildman–Crippen MR) is 103 cm³/mol. The number of rotatable bonds is 4. The molecule has 1 aliphatic rings. The zero-order valence-corrected chi connectivity index (χ0v) is 16.3. The van der Waals surface area contributed by atoms with E-state index in [1.54, 1.807) is 13.0 Å². The number of hydrogen-bond acceptors (Lipinski definition) is 3. The summed E-state index contributed by atoms with van der Waals surface area (Å²) < 4.78 is 52.0. The lowest BCUT2D eigenvalue weighted by Gasteiger charge is -2.36. The van der Waals surface area contributed by atoms with Crippen molar-refractivity contribution in [1.29, 1.82) is 0 Å². The number of benzene rings is 2. The van der Waals surface area contributed by atoms with Crippen LogP contribution in [0.3, 0.4) is 0 Å². The quantitative estimate of drug-likeness (QED) is 0.773. The SMILES string of the molecule is CC(NC(=O)c1ccc(C(F)(F)F)cc1)c1cc(F)ccc1N1CCN(C)CC1. The Morgan fingerprint density at radius 2 is 1.66 bits per heavy atom. The first-order valence-corrected chi connectivity index (χ1v) is 9.36. The van der Waals surface area contributed by atoms with E-state index in [9.17, 15) is 22.4 Å². The maximum atomic E-state index is 13.9. The molecule has 2 aromatic carbocycles. The first-order valence-electron chi connectivity index (χ1n) is 9.36. The minimum Gasteiger partial charge on any atom is -0.369 e. The van der Waals surface area contributed by atoms with Gasteiger partial charge in [0.15, 0.2) is 0 Å². The summed E-state index contributed by atoms with van der Waals surface area (Å²) in [5.41, 5.74) is 0.779. The number of piperazine rings is 1. The molecule has 1 N–H and O–H groups in total. The van der Waals surface area contributed by atoms with Crippen LogP contribution in [0, 0.1) is 5.82 Å². The fraction of sp³-hybridized carbons (Fsp3) is 0.381. The number of amides is 1. The molecule has 3 rings (SSSR count). The van der Waals surface area contributed by atoms with E-state index in [4.69, 9.17) is 0 Å². The first kappa shape index (κ1) is 21.1. The molecule has 1 aliphatic heterocycles. The van der Waals surface area contributed by atoms with Gasteiger partial charge in [0.05, 0.1) is 11.6 Å². The van der Waals surface area contributed by atoms with Crippen LogP contribution in [0.15, 0.2) is 42.5 Å². The van der Waals surface area contributed by atoms with Gasteiger partial charge < -0.3 is 15.1 Å². The van der Waals surface area contributed by atoms with Gasteiger partial charge in [-0.1, -0.05) is 0 Å². The highest BCUT2D eigenvalue weighted by molar-refractivity contribution is 5.94. The van der Waals surface area contributed by atoms with Crippen molar-refractivity contribution in [3.8, 4) is 0 Å². The van der Waals surface area contributed by atoms with Gasteiger partial charge in [0.2, 0.25) is 0 Å². The van der Waals surface area contributed by atoms with E-state index >= 15 is 0 Å². The van der Waals surface area contributed by atoms with Crippen LogP contribution in [0.4, 0.5) is 23.2 Å². The second-order valence-electron chi connectivity index (χ2n) is 7.26.